The number of hydrogen-bond acceptors (Lipinski definition) is 9. The van der Waals surface area contributed by atoms with E-state index in [0.29, 0.717) is 34.3 Å². The lowest BCUT2D eigenvalue weighted by atomic mass is 10.0. The van der Waals surface area contributed by atoms with Crippen LogP contribution in [0, 0.1) is 5.92 Å². The first-order valence-electron chi connectivity index (χ1n) is 13.6. The summed E-state index contributed by atoms with van der Waals surface area (Å²) < 4.78 is 18.6. The van der Waals surface area contributed by atoms with Crippen molar-refractivity contribution in [3.05, 3.63) is 95.4 Å². The van der Waals surface area contributed by atoms with Gasteiger partial charge in [0, 0.05) is 6.42 Å². The summed E-state index contributed by atoms with van der Waals surface area (Å²) in [5, 5.41) is 2.53. The van der Waals surface area contributed by atoms with Crippen LogP contribution in [0.3, 0.4) is 0 Å². The summed E-state index contributed by atoms with van der Waals surface area (Å²) in [6.07, 6.45) is 0.412. The molecule has 0 saturated heterocycles. The third kappa shape index (κ3) is 6.83. The minimum atomic E-state index is -0.743. The number of halogens is 1. The minimum absolute atomic E-state index is 0.0267. The summed E-state index contributed by atoms with van der Waals surface area (Å²) in [5.41, 5.74) is 1.34. The number of aromatic nitrogens is 4. The monoisotopic (exact) mass is 603 g/mol. The number of benzene rings is 2. The minimum Gasteiger partial charge on any atom is -0.461 e. The van der Waals surface area contributed by atoms with E-state index in [1.54, 1.807) is 86.0 Å². The molecule has 1 aliphatic carbocycles. The Labute approximate surface area is 252 Å². The topological polar surface area (TPSA) is 135 Å². The van der Waals surface area contributed by atoms with Crippen LogP contribution in [0.5, 0.6) is 0 Å². The molecule has 1 amide bonds. The number of amides is 1. The molecule has 2 aromatic carbocycles. The molecule has 1 fully saturated rings. The second kappa shape index (κ2) is 12.2. The van der Waals surface area contributed by atoms with Gasteiger partial charge in [0.1, 0.15) is 23.8 Å². The molecule has 4 aromatic rings. The van der Waals surface area contributed by atoms with Crippen molar-refractivity contribution < 1.29 is 28.6 Å². The Bertz CT molecular complexity index is 1670. The molecule has 2 heterocycles. The zero-order valence-corrected chi connectivity index (χ0v) is 24.6. The SMILES string of the molecule is C=C1[C@H](COC(=O)c2ccccc2)[C@@H](OC(=O)c2ccccc2)C[C@@H]1n1cnc2c(Cl)nc(NC(=O)OC(C)(C)C)nc21. The zero-order valence-electron chi connectivity index (χ0n) is 23.8. The van der Waals surface area contributed by atoms with E-state index in [1.807, 2.05) is 0 Å². The predicted octanol–water partition coefficient (Wildman–Crippen LogP) is 6.03. The van der Waals surface area contributed by atoms with Gasteiger partial charge in [0.15, 0.2) is 10.8 Å². The normalized spacial score (nSPS) is 18.3. The summed E-state index contributed by atoms with van der Waals surface area (Å²) in [5.74, 6) is -1.62. The third-order valence-corrected chi connectivity index (χ3v) is 7.07. The lowest BCUT2D eigenvalue weighted by molar-refractivity contribution is 0.00848. The number of rotatable bonds is 7. The third-order valence-electron chi connectivity index (χ3n) is 6.81. The quantitative estimate of drug-likeness (QED) is 0.116. The molecule has 1 saturated carbocycles. The van der Waals surface area contributed by atoms with Crippen molar-refractivity contribution >= 4 is 46.7 Å². The van der Waals surface area contributed by atoms with E-state index < -0.39 is 41.7 Å². The maximum atomic E-state index is 13.0. The van der Waals surface area contributed by atoms with Gasteiger partial charge in [0.05, 0.1) is 29.4 Å². The maximum absolute atomic E-state index is 13.0. The molecule has 1 aliphatic rings. The highest BCUT2D eigenvalue weighted by Gasteiger charge is 2.42. The standard InChI is InChI=1S/C31H30ClN5O6/c1-18-21(16-41-27(38)19-11-7-5-8-12-19)23(42-28(39)20-13-9-6-10-14-20)15-22(18)37-17-33-24-25(32)34-29(35-26(24)37)36-30(40)43-31(2,3)4/h5-14,17,21-23H,1,15-16H2,2-4H3,(H,34,35,36,40)/t21-,22-,23-/m0/s1. The molecule has 222 valence electrons. The number of carbonyl (C=O) groups is 3. The fraction of sp³-hybridized carbons (Fsp3) is 0.290. The van der Waals surface area contributed by atoms with Gasteiger partial charge in [-0.2, -0.15) is 9.97 Å². The van der Waals surface area contributed by atoms with E-state index in [9.17, 15) is 14.4 Å². The number of carbonyl (C=O) groups excluding carboxylic acids is 3. The van der Waals surface area contributed by atoms with Gasteiger partial charge >= 0.3 is 18.0 Å². The van der Waals surface area contributed by atoms with Crippen molar-refractivity contribution in [3.8, 4) is 0 Å². The number of esters is 2. The van der Waals surface area contributed by atoms with Crippen molar-refractivity contribution in [2.24, 2.45) is 5.92 Å². The van der Waals surface area contributed by atoms with E-state index in [1.165, 1.54) is 6.33 Å². The van der Waals surface area contributed by atoms with Gasteiger partial charge < -0.3 is 18.8 Å². The molecule has 3 atom stereocenters. The summed E-state index contributed by atoms with van der Waals surface area (Å²) in [7, 11) is 0. The van der Waals surface area contributed by atoms with E-state index in [0.717, 1.165) is 0 Å². The number of nitrogens with one attached hydrogen (secondary N) is 1. The Balaban J connectivity index is 1.42. The van der Waals surface area contributed by atoms with Crippen LogP contribution in [0.1, 0.15) is 53.9 Å². The van der Waals surface area contributed by atoms with Crippen molar-refractivity contribution in [2.45, 2.75) is 44.9 Å². The largest absolute Gasteiger partial charge is 0.461 e. The van der Waals surface area contributed by atoms with Crippen molar-refractivity contribution in [1.82, 2.24) is 19.5 Å². The molecule has 11 nitrogen and oxygen atoms in total. The Morgan fingerprint density at radius 1 is 1.00 bits per heavy atom. The average molecular weight is 604 g/mol. The summed E-state index contributed by atoms with van der Waals surface area (Å²) in [6.45, 7) is 9.44. The summed E-state index contributed by atoms with van der Waals surface area (Å²) in [4.78, 5) is 51.1. The van der Waals surface area contributed by atoms with Crippen LogP contribution in [0.15, 0.2) is 79.1 Å². The lowest BCUT2D eigenvalue weighted by Gasteiger charge is -2.20. The molecular formula is C31H30ClN5O6. The number of ether oxygens (including phenoxy) is 3. The Morgan fingerprint density at radius 2 is 1.63 bits per heavy atom. The molecule has 0 bridgehead atoms. The van der Waals surface area contributed by atoms with Crippen LogP contribution in [0.4, 0.5) is 10.7 Å². The Morgan fingerprint density at radius 3 is 2.26 bits per heavy atom. The van der Waals surface area contributed by atoms with Gasteiger partial charge in [-0.3, -0.25) is 5.32 Å². The predicted molar refractivity (Wildman–Crippen MR) is 159 cm³/mol. The fourth-order valence-electron chi connectivity index (χ4n) is 4.82. The second-order valence-corrected chi connectivity index (χ2v) is 11.4. The number of fused-ring (bicyclic) bond motifs is 1. The number of hydrogen-bond donors (Lipinski definition) is 1. The van der Waals surface area contributed by atoms with Crippen LogP contribution < -0.4 is 5.32 Å². The lowest BCUT2D eigenvalue weighted by Crippen LogP contribution is -2.27. The Kier molecular flexibility index (Phi) is 8.45. The van der Waals surface area contributed by atoms with Crippen LogP contribution in [-0.2, 0) is 14.2 Å². The van der Waals surface area contributed by atoms with Crippen molar-refractivity contribution in [2.75, 3.05) is 11.9 Å². The van der Waals surface area contributed by atoms with E-state index in [2.05, 4.69) is 26.8 Å². The van der Waals surface area contributed by atoms with Gasteiger partial charge in [0.2, 0.25) is 5.95 Å². The molecule has 0 unspecified atom stereocenters. The highest BCUT2D eigenvalue weighted by atomic mass is 35.5. The molecule has 43 heavy (non-hydrogen) atoms. The van der Waals surface area contributed by atoms with Crippen LogP contribution in [-0.4, -0.2) is 55.9 Å². The van der Waals surface area contributed by atoms with Gasteiger partial charge in [-0.05, 0) is 50.6 Å². The summed E-state index contributed by atoms with van der Waals surface area (Å²) in [6, 6.07) is 16.8. The van der Waals surface area contributed by atoms with Gasteiger partial charge in [0.25, 0.3) is 0 Å². The smallest absolute Gasteiger partial charge is 0.414 e. The molecule has 2 aromatic heterocycles. The van der Waals surface area contributed by atoms with Crippen LogP contribution >= 0.6 is 11.6 Å². The average Bonchev–Trinajstić information content (AvgIpc) is 3.52. The molecule has 0 radical (unpaired) electrons. The van der Waals surface area contributed by atoms with E-state index >= 15 is 0 Å². The fourth-order valence-corrected chi connectivity index (χ4v) is 5.04. The molecular weight excluding hydrogens is 574 g/mol. The van der Waals surface area contributed by atoms with Gasteiger partial charge in [-0.1, -0.05) is 54.6 Å². The first-order chi connectivity index (χ1) is 20.5. The van der Waals surface area contributed by atoms with Crippen molar-refractivity contribution in [3.63, 3.8) is 0 Å². The number of nitrogens with zero attached hydrogens (tertiary/aromatic N) is 4. The molecule has 12 heteroatoms. The molecule has 5 rings (SSSR count). The maximum Gasteiger partial charge on any atom is 0.414 e. The highest BCUT2D eigenvalue weighted by molar-refractivity contribution is 6.33. The first-order valence-corrected chi connectivity index (χ1v) is 13.9. The zero-order chi connectivity index (χ0) is 30.7. The van der Waals surface area contributed by atoms with Gasteiger partial charge in [-0.15, -0.1) is 0 Å². The number of anilines is 1. The summed E-state index contributed by atoms with van der Waals surface area (Å²) >= 11 is 6.40. The highest BCUT2D eigenvalue weighted by Crippen LogP contribution is 2.43. The van der Waals surface area contributed by atoms with Crippen LogP contribution in [0.25, 0.3) is 11.2 Å². The number of imidazole rings is 1. The van der Waals surface area contributed by atoms with Crippen molar-refractivity contribution in [1.29, 1.82) is 0 Å². The van der Waals surface area contributed by atoms with E-state index in [-0.39, 0.29) is 17.7 Å². The van der Waals surface area contributed by atoms with Crippen LogP contribution in [0.2, 0.25) is 5.15 Å². The second-order valence-electron chi connectivity index (χ2n) is 11.0. The molecule has 0 aliphatic heterocycles. The van der Waals surface area contributed by atoms with E-state index in [4.69, 9.17) is 25.8 Å². The Hall–Kier alpha value is -4.77. The first kappa shape index (κ1) is 29.7. The molecule has 0 spiro atoms. The van der Waals surface area contributed by atoms with Gasteiger partial charge in [-0.25, -0.2) is 19.4 Å². The molecule has 1 N–H and O–H groups in total.